The first kappa shape index (κ1) is 10.2. The van der Waals surface area contributed by atoms with Crippen molar-refractivity contribution in [1.82, 2.24) is 10.3 Å². The number of fused-ring (bicyclic) bond motifs is 1. The van der Waals surface area contributed by atoms with E-state index in [9.17, 15) is 14.7 Å². The molecule has 2 rings (SSSR count). The van der Waals surface area contributed by atoms with Crippen molar-refractivity contribution in [3.8, 4) is 5.75 Å². The molecular weight excluding hydrogens is 208 g/mol. The zero-order valence-electron chi connectivity index (χ0n) is 8.57. The van der Waals surface area contributed by atoms with E-state index in [4.69, 9.17) is 0 Å². The standard InChI is InChI=1S/C11H10N2O3/c1-12-10(15)8-6-4-2-3-5-7(6)13-11(16)9(8)14/h2-5,14H,1H3,(H,12,15)(H,13,16). The van der Waals surface area contributed by atoms with Crippen LogP contribution >= 0.6 is 0 Å². The number of carbonyl (C=O) groups is 1. The summed E-state index contributed by atoms with van der Waals surface area (Å²) in [5, 5.41) is 12.5. The van der Waals surface area contributed by atoms with Crippen molar-refractivity contribution < 1.29 is 9.90 Å². The molecule has 5 heteroatoms. The number of aromatic hydroxyl groups is 1. The van der Waals surface area contributed by atoms with Crippen molar-refractivity contribution in [2.75, 3.05) is 7.05 Å². The largest absolute Gasteiger partial charge is 0.502 e. The lowest BCUT2D eigenvalue weighted by Gasteiger charge is -2.06. The van der Waals surface area contributed by atoms with Crippen molar-refractivity contribution in [2.24, 2.45) is 0 Å². The number of rotatable bonds is 1. The first-order chi connectivity index (χ1) is 7.65. The van der Waals surface area contributed by atoms with Crippen LogP contribution in [-0.2, 0) is 0 Å². The topological polar surface area (TPSA) is 82.2 Å². The van der Waals surface area contributed by atoms with Crippen LogP contribution in [0.4, 0.5) is 0 Å². The minimum absolute atomic E-state index is 0.00171. The number of H-pyrrole nitrogens is 1. The maximum Gasteiger partial charge on any atom is 0.291 e. The monoisotopic (exact) mass is 218 g/mol. The number of benzene rings is 1. The third-order valence-corrected chi connectivity index (χ3v) is 2.35. The molecule has 3 N–H and O–H groups in total. The van der Waals surface area contributed by atoms with E-state index in [2.05, 4.69) is 10.3 Å². The van der Waals surface area contributed by atoms with Gasteiger partial charge in [-0.1, -0.05) is 18.2 Å². The van der Waals surface area contributed by atoms with Gasteiger partial charge in [0.2, 0.25) is 0 Å². The number of aromatic nitrogens is 1. The second-order valence-corrected chi connectivity index (χ2v) is 3.30. The van der Waals surface area contributed by atoms with Crippen molar-refractivity contribution in [1.29, 1.82) is 0 Å². The van der Waals surface area contributed by atoms with Gasteiger partial charge in [-0.15, -0.1) is 0 Å². The minimum Gasteiger partial charge on any atom is -0.502 e. The van der Waals surface area contributed by atoms with Crippen LogP contribution in [-0.4, -0.2) is 23.0 Å². The van der Waals surface area contributed by atoms with Crippen molar-refractivity contribution in [3.05, 3.63) is 40.2 Å². The first-order valence-corrected chi connectivity index (χ1v) is 4.71. The Hall–Kier alpha value is -2.30. The molecule has 1 aromatic heterocycles. The highest BCUT2D eigenvalue weighted by Gasteiger charge is 2.16. The fourth-order valence-electron chi connectivity index (χ4n) is 1.59. The van der Waals surface area contributed by atoms with Crippen LogP contribution in [0.25, 0.3) is 10.9 Å². The summed E-state index contributed by atoms with van der Waals surface area (Å²) < 4.78 is 0. The number of hydrogen-bond acceptors (Lipinski definition) is 3. The van der Waals surface area contributed by atoms with Crippen LogP contribution < -0.4 is 10.9 Å². The Morgan fingerprint density at radius 3 is 2.75 bits per heavy atom. The van der Waals surface area contributed by atoms with Gasteiger partial charge < -0.3 is 15.4 Å². The lowest BCUT2D eigenvalue weighted by molar-refractivity contribution is 0.0962. The molecule has 0 aliphatic heterocycles. The van der Waals surface area contributed by atoms with Crippen LogP contribution in [0.2, 0.25) is 0 Å². The van der Waals surface area contributed by atoms with Gasteiger partial charge in [-0.05, 0) is 6.07 Å². The van der Waals surface area contributed by atoms with Gasteiger partial charge in [0, 0.05) is 18.0 Å². The minimum atomic E-state index is -0.669. The van der Waals surface area contributed by atoms with Crippen molar-refractivity contribution in [3.63, 3.8) is 0 Å². The van der Waals surface area contributed by atoms with E-state index in [1.165, 1.54) is 7.05 Å². The Labute approximate surface area is 90.7 Å². The maximum atomic E-state index is 11.6. The highest BCUT2D eigenvalue weighted by Crippen LogP contribution is 2.21. The second-order valence-electron chi connectivity index (χ2n) is 3.30. The Balaban J connectivity index is 2.92. The zero-order chi connectivity index (χ0) is 11.7. The van der Waals surface area contributed by atoms with E-state index < -0.39 is 17.2 Å². The van der Waals surface area contributed by atoms with Gasteiger partial charge in [-0.2, -0.15) is 0 Å². The molecule has 0 unspecified atom stereocenters. The number of para-hydroxylation sites is 1. The van der Waals surface area contributed by atoms with Gasteiger partial charge in [0.05, 0.1) is 5.56 Å². The molecule has 0 saturated carbocycles. The summed E-state index contributed by atoms with van der Waals surface area (Å²) in [5.41, 5.74) is -0.150. The van der Waals surface area contributed by atoms with Gasteiger partial charge >= 0.3 is 0 Å². The molecule has 1 heterocycles. The van der Waals surface area contributed by atoms with Crippen molar-refractivity contribution >= 4 is 16.8 Å². The smallest absolute Gasteiger partial charge is 0.291 e. The SMILES string of the molecule is CNC(=O)c1c(O)c(=O)[nH]c2ccccc12. The molecule has 0 bridgehead atoms. The summed E-state index contributed by atoms with van der Waals surface area (Å²) in [6.45, 7) is 0. The molecule has 5 nitrogen and oxygen atoms in total. The van der Waals surface area contributed by atoms with E-state index in [1.54, 1.807) is 24.3 Å². The summed E-state index contributed by atoms with van der Waals surface area (Å²) >= 11 is 0. The number of pyridine rings is 1. The number of carbonyl (C=O) groups excluding carboxylic acids is 1. The first-order valence-electron chi connectivity index (χ1n) is 4.71. The van der Waals surface area contributed by atoms with Crippen LogP contribution in [0.3, 0.4) is 0 Å². The van der Waals surface area contributed by atoms with Gasteiger partial charge in [0.15, 0.2) is 5.75 Å². The van der Waals surface area contributed by atoms with Gasteiger partial charge in [-0.3, -0.25) is 9.59 Å². The number of amides is 1. The van der Waals surface area contributed by atoms with E-state index in [0.29, 0.717) is 10.9 Å². The van der Waals surface area contributed by atoms with E-state index in [1.807, 2.05) is 0 Å². The maximum absolute atomic E-state index is 11.6. The summed E-state index contributed by atoms with van der Waals surface area (Å²) in [6.07, 6.45) is 0. The number of aromatic amines is 1. The van der Waals surface area contributed by atoms with Crippen molar-refractivity contribution in [2.45, 2.75) is 0 Å². The molecule has 1 aromatic carbocycles. The normalized spacial score (nSPS) is 10.3. The van der Waals surface area contributed by atoms with Gasteiger partial charge in [0.1, 0.15) is 0 Å². The third-order valence-electron chi connectivity index (χ3n) is 2.35. The molecular formula is C11H10N2O3. The molecule has 0 saturated heterocycles. The molecule has 82 valence electrons. The summed E-state index contributed by atoms with van der Waals surface area (Å²) in [6, 6.07) is 6.80. The molecule has 2 aromatic rings. The average molecular weight is 218 g/mol. The van der Waals surface area contributed by atoms with Crippen LogP contribution in [0.5, 0.6) is 5.75 Å². The van der Waals surface area contributed by atoms with E-state index >= 15 is 0 Å². The fourth-order valence-corrected chi connectivity index (χ4v) is 1.59. The molecule has 1 amide bonds. The van der Waals surface area contributed by atoms with Crippen LogP contribution in [0, 0.1) is 0 Å². The fraction of sp³-hybridized carbons (Fsp3) is 0.0909. The number of nitrogens with one attached hydrogen (secondary N) is 2. The van der Waals surface area contributed by atoms with Crippen LogP contribution in [0.15, 0.2) is 29.1 Å². The molecule has 0 fully saturated rings. The summed E-state index contributed by atoms with van der Waals surface area (Å²) in [5.74, 6) is -1.04. The Morgan fingerprint density at radius 2 is 2.06 bits per heavy atom. The quantitative estimate of drug-likeness (QED) is 0.655. The highest BCUT2D eigenvalue weighted by molar-refractivity contribution is 6.08. The predicted octanol–water partition coefficient (Wildman–Crippen LogP) is 0.593. The third kappa shape index (κ3) is 1.42. The van der Waals surface area contributed by atoms with Gasteiger partial charge in [-0.25, -0.2) is 0 Å². The molecule has 16 heavy (non-hydrogen) atoms. The average Bonchev–Trinajstić information content (AvgIpc) is 2.30. The van der Waals surface area contributed by atoms with Crippen LogP contribution in [0.1, 0.15) is 10.4 Å². The van der Waals surface area contributed by atoms with E-state index in [-0.39, 0.29) is 5.56 Å². The summed E-state index contributed by atoms with van der Waals surface area (Å²) in [7, 11) is 1.44. The van der Waals surface area contributed by atoms with Gasteiger partial charge in [0.25, 0.3) is 11.5 Å². The lowest BCUT2D eigenvalue weighted by Crippen LogP contribution is -2.21. The summed E-state index contributed by atoms with van der Waals surface area (Å²) in [4.78, 5) is 25.5. The molecule has 0 spiro atoms. The molecule has 0 aliphatic carbocycles. The molecule has 0 atom stereocenters. The molecule has 0 aliphatic rings. The van der Waals surface area contributed by atoms with E-state index in [0.717, 1.165) is 0 Å². The Bertz CT molecular complexity index is 616. The number of hydrogen-bond donors (Lipinski definition) is 3. The molecule has 0 radical (unpaired) electrons. The Kier molecular flexibility index (Phi) is 2.36. The predicted molar refractivity (Wildman–Crippen MR) is 59.6 cm³/mol. The second kappa shape index (κ2) is 3.69. The highest BCUT2D eigenvalue weighted by atomic mass is 16.3. The Morgan fingerprint density at radius 1 is 1.38 bits per heavy atom. The lowest BCUT2D eigenvalue weighted by atomic mass is 10.1. The zero-order valence-corrected chi connectivity index (χ0v) is 8.57.